The van der Waals surface area contributed by atoms with Gasteiger partial charge in [-0.1, -0.05) is 25.1 Å². The Hall–Kier alpha value is -1.28. The van der Waals surface area contributed by atoms with Crippen LogP contribution in [-0.4, -0.2) is 10.2 Å². The van der Waals surface area contributed by atoms with E-state index in [-0.39, 0.29) is 11.2 Å². The number of phenols is 1. The summed E-state index contributed by atoms with van der Waals surface area (Å²) < 4.78 is 0. The third kappa shape index (κ3) is 1.75. The molecule has 3 aliphatic rings. The third-order valence-electron chi connectivity index (χ3n) is 6.72. The normalized spacial score (nSPS) is 41.3. The van der Waals surface area contributed by atoms with Gasteiger partial charge < -0.3 is 10.2 Å². The van der Waals surface area contributed by atoms with E-state index in [2.05, 4.69) is 13.5 Å². The topological polar surface area (TPSA) is 40.5 Å². The summed E-state index contributed by atoms with van der Waals surface area (Å²) in [5.41, 5.74) is 3.94. The molecule has 0 heterocycles. The fourth-order valence-electron chi connectivity index (χ4n) is 5.48. The number of aliphatic hydroxyl groups excluding tert-OH is 1. The predicted octanol–water partition coefficient (Wildman–Crippen LogP) is 4.30. The number of phenolic OH excluding ortho intramolecular Hbond substituents is 1. The molecule has 0 amide bonds. The minimum absolute atomic E-state index is 0.265. The molecule has 0 spiro atoms. The Labute approximate surface area is 126 Å². The second-order valence-electron chi connectivity index (χ2n) is 7.54. The van der Waals surface area contributed by atoms with E-state index in [1.165, 1.54) is 30.4 Å². The monoisotopic (exact) mass is 284 g/mol. The number of aliphatic hydroxyl groups is 1. The van der Waals surface area contributed by atoms with Gasteiger partial charge in [0.25, 0.3) is 0 Å². The number of aromatic hydroxyl groups is 1. The predicted molar refractivity (Wildman–Crippen MR) is 83.1 cm³/mol. The molecule has 0 aliphatic heterocycles. The maximum Gasteiger partial charge on any atom is 0.115 e. The zero-order valence-corrected chi connectivity index (χ0v) is 12.7. The molecular weight excluding hydrogens is 260 g/mol. The van der Waals surface area contributed by atoms with E-state index in [0.29, 0.717) is 17.8 Å². The fourth-order valence-corrected chi connectivity index (χ4v) is 5.48. The number of rotatable bonds is 0. The summed E-state index contributed by atoms with van der Waals surface area (Å²) in [4.78, 5) is 0. The minimum Gasteiger partial charge on any atom is -0.508 e. The highest BCUT2D eigenvalue weighted by Gasteiger charge is 2.52. The molecule has 0 bridgehead atoms. The van der Waals surface area contributed by atoms with E-state index in [1.54, 1.807) is 12.1 Å². The highest BCUT2D eigenvalue weighted by molar-refractivity contribution is 5.42. The van der Waals surface area contributed by atoms with E-state index >= 15 is 0 Å². The summed E-state index contributed by atoms with van der Waals surface area (Å²) >= 11 is 0. The molecule has 0 saturated heterocycles. The molecule has 2 fully saturated rings. The van der Waals surface area contributed by atoms with Crippen LogP contribution < -0.4 is 0 Å². The Bertz CT molecular complexity index is 606. The first kappa shape index (κ1) is 13.4. The van der Waals surface area contributed by atoms with Crippen LogP contribution in [0.15, 0.2) is 30.4 Å². The smallest absolute Gasteiger partial charge is 0.115 e. The molecule has 1 aromatic rings. The molecule has 5 unspecified atom stereocenters. The van der Waals surface area contributed by atoms with E-state index < -0.39 is 6.10 Å². The highest BCUT2D eigenvalue weighted by atomic mass is 16.3. The van der Waals surface area contributed by atoms with Gasteiger partial charge in [-0.3, -0.25) is 0 Å². The van der Waals surface area contributed by atoms with Crippen molar-refractivity contribution in [3.8, 4) is 5.75 Å². The molecule has 2 N–H and O–H groups in total. The molecule has 0 radical (unpaired) electrons. The van der Waals surface area contributed by atoms with Crippen LogP contribution in [0.3, 0.4) is 0 Å². The van der Waals surface area contributed by atoms with Gasteiger partial charge in [-0.15, -0.1) is 0 Å². The van der Waals surface area contributed by atoms with Gasteiger partial charge in [-0.25, -0.2) is 0 Å². The van der Waals surface area contributed by atoms with Crippen LogP contribution in [0.5, 0.6) is 5.75 Å². The van der Waals surface area contributed by atoms with Gasteiger partial charge in [0.15, 0.2) is 0 Å². The van der Waals surface area contributed by atoms with Crippen molar-refractivity contribution in [3.63, 3.8) is 0 Å². The number of hydrogen-bond acceptors (Lipinski definition) is 2. The summed E-state index contributed by atoms with van der Waals surface area (Å²) in [7, 11) is 0. The van der Waals surface area contributed by atoms with E-state index in [1.807, 2.05) is 6.07 Å². The van der Waals surface area contributed by atoms with Crippen LogP contribution in [-0.2, 0) is 0 Å². The Morgan fingerprint density at radius 1 is 1.24 bits per heavy atom. The van der Waals surface area contributed by atoms with Crippen LogP contribution in [0.2, 0.25) is 0 Å². The Morgan fingerprint density at radius 3 is 2.86 bits per heavy atom. The first-order valence-corrected chi connectivity index (χ1v) is 8.20. The largest absolute Gasteiger partial charge is 0.508 e. The number of fused-ring (bicyclic) bond motifs is 5. The van der Waals surface area contributed by atoms with Crippen molar-refractivity contribution in [1.29, 1.82) is 0 Å². The van der Waals surface area contributed by atoms with Crippen LogP contribution in [0.4, 0.5) is 0 Å². The van der Waals surface area contributed by atoms with Crippen molar-refractivity contribution < 1.29 is 10.2 Å². The summed E-state index contributed by atoms with van der Waals surface area (Å²) in [6.07, 6.45) is 5.20. The zero-order chi connectivity index (χ0) is 14.8. The van der Waals surface area contributed by atoms with E-state index in [9.17, 15) is 10.2 Å². The lowest BCUT2D eigenvalue weighted by Gasteiger charge is -2.50. The highest BCUT2D eigenvalue weighted by Crippen LogP contribution is 2.63. The fraction of sp³-hybridized carbons (Fsp3) is 0.579. The SMILES string of the molecule is C=C1CCC2C3CC(O)c4cc(O)ccc4C3CCC12C. The van der Waals surface area contributed by atoms with Gasteiger partial charge in [0, 0.05) is 0 Å². The third-order valence-corrected chi connectivity index (χ3v) is 6.72. The maximum atomic E-state index is 10.6. The Kier molecular flexibility index (Phi) is 2.78. The zero-order valence-electron chi connectivity index (χ0n) is 12.7. The molecule has 0 aromatic heterocycles. The lowest BCUT2D eigenvalue weighted by Crippen LogP contribution is -2.41. The second kappa shape index (κ2) is 4.36. The number of allylic oxidation sites excluding steroid dienone is 1. The first-order chi connectivity index (χ1) is 10.0. The van der Waals surface area contributed by atoms with Crippen molar-refractivity contribution in [2.75, 3.05) is 0 Å². The molecule has 2 nitrogen and oxygen atoms in total. The van der Waals surface area contributed by atoms with Gasteiger partial charge >= 0.3 is 0 Å². The standard InChI is InChI=1S/C19H24O2/c1-11-3-6-17-15-10-18(21)16-9-12(20)4-5-13(16)14(15)7-8-19(11,17)2/h4-5,9,14-15,17-18,20-21H,1,3,6-8,10H2,2H3. The lowest BCUT2D eigenvalue weighted by molar-refractivity contribution is 0.0306. The van der Waals surface area contributed by atoms with Crippen LogP contribution in [0, 0.1) is 17.3 Å². The summed E-state index contributed by atoms with van der Waals surface area (Å²) in [6.45, 7) is 6.72. The quantitative estimate of drug-likeness (QED) is 0.697. The molecule has 21 heavy (non-hydrogen) atoms. The molecule has 2 saturated carbocycles. The molecule has 4 rings (SSSR count). The molecular formula is C19H24O2. The molecule has 112 valence electrons. The van der Waals surface area contributed by atoms with Gasteiger partial charge in [-0.05, 0) is 78.5 Å². The molecule has 1 aromatic carbocycles. The van der Waals surface area contributed by atoms with E-state index in [4.69, 9.17) is 0 Å². The van der Waals surface area contributed by atoms with E-state index in [0.717, 1.165) is 18.4 Å². The second-order valence-corrected chi connectivity index (χ2v) is 7.54. The summed E-state index contributed by atoms with van der Waals surface area (Å²) in [6, 6.07) is 5.57. The van der Waals surface area contributed by atoms with Gasteiger partial charge in [0.2, 0.25) is 0 Å². The number of hydrogen-bond donors (Lipinski definition) is 2. The van der Waals surface area contributed by atoms with Crippen molar-refractivity contribution in [3.05, 3.63) is 41.5 Å². The number of benzene rings is 1. The van der Waals surface area contributed by atoms with Gasteiger partial charge in [0.05, 0.1) is 6.10 Å². The van der Waals surface area contributed by atoms with Crippen LogP contribution in [0.25, 0.3) is 0 Å². The maximum absolute atomic E-state index is 10.6. The Morgan fingerprint density at radius 2 is 2.05 bits per heavy atom. The molecule has 5 atom stereocenters. The van der Waals surface area contributed by atoms with Gasteiger partial charge in [0.1, 0.15) is 5.75 Å². The minimum atomic E-state index is -0.426. The van der Waals surface area contributed by atoms with Gasteiger partial charge in [-0.2, -0.15) is 0 Å². The average molecular weight is 284 g/mol. The van der Waals surface area contributed by atoms with Crippen molar-refractivity contribution in [2.24, 2.45) is 17.3 Å². The van der Waals surface area contributed by atoms with Crippen molar-refractivity contribution >= 4 is 0 Å². The first-order valence-electron chi connectivity index (χ1n) is 8.20. The molecule has 2 heteroatoms. The summed E-state index contributed by atoms with van der Waals surface area (Å²) in [5, 5.41) is 20.3. The Balaban J connectivity index is 1.77. The van der Waals surface area contributed by atoms with Crippen molar-refractivity contribution in [1.82, 2.24) is 0 Å². The van der Waals surface area contributed by atoms with Crippen LogP contribution >= 0.6 is 0 Å². The molecule has 3 aliphatic carbocycles. The lowest BCUT2D eigenvalue weighted by atomic mass is 9.55. The van der Waals surface area contributed by atoms with Crippen LogP contribution in [0.1, 0.15) is 62.2 Å². The van der Waals surface area contributed by atoms with Crippen molar-refractivity contribution in [2.45, 2.75) is 51.0 Å². The average Bonchev–Trinajstić information content (AvgIpc) is 2.76. The summed E-state index contributed by atoms with van der Waals surface area (Å²) in [5.74, 6) is 2.05.